The minimum Gasteiger partial charge on any atom is -0.334 e. The van der Waals surface area contributed by atoms with Crippen LogP contribution in [-0.4, -0.2) is 33.4 Å². The summed E-state index contributed by atoms with van der Waals surface area (Å²) >= 11 is 0. The summed E-state index contributed by atoms with van der Waals surface area (Å²) in [6.07, 6.45) is 4.53. The molecule has 0 radical (unpaired) electrons. The highest BCUT2D eigenvalue weighted by Gasteiger charge is 2.13. The number of rotatable bonds is 6. The van der Waals surface area contributed by atoms with Crippen LogP contribution in [0.5, 0.6) is 0 Å². The second-order valence-electron chi connectivity index (χ2n) is 4.55. The number of aromatic nitrogens is 2. The molecular formula is C16H17N3O2. The Morgan fingerprint density at radius 1 is 1.24 bits per heavy atom. The van der Waals surface area contributed by atoms with Gasteiger partial charge in [0.1, 0.15) is 6.54 Å². The van der Waals surface area contributed by atoms with Crippen LogP contribution in [0.2, 0.25) is 0 Å². The molecule has 0 aliphatic rings. The molecule has 0 bridgehead atoms. The zero-order chi connectivity index (χ0) is 15.2. The van der Waals surface area contributed by atoms with Gasteiger partial charge in [-0.1, -0.05) is 24.3 Å². The Kier molecular flexibility index (Phi) is 4.66. The zero-order valence-electron chi connectivity index (χ0n) is 11.7. The molecule has 0 fully saturated rings. The van der Waals surface area contributed by atoms with Crippen LogP contribution in [0.25, 0.3) is 11.0 Å². The van der Waals surface area contributed by atoms with Crippen LogP contribution in [0.4, 0.5) is 0 Å². The Balaban J connectivity index is 2.36. The summed E-state index contributed by atoms with van der Waals surface area (Å²) in [6.45, 7) is 8.08. The maximum absolute atomic E-state index is 12.3. The van der Waals surface area contributed by atoms with Crippen molar-refractivity contribution in [2.75, 3.05) is 13.1 Å². The minimum atomic E-state index is -0.292. The van der Waals surface area contributed by atoms with Crippen molar-refractivity contribution in [3.63, 3.8) is 0 Å². The quantitative estimate of drug-likeness (QED) is 0.757. The van der Waals surface area contributed by atoms with Crippen molar-refractivity contribution >= 4 is 16.9 Å². The van der Waals surface area contributed by atoms with Crippen molar-refractivity contribution in [3.05, 3.63) is 66.1 Å². The SMILES string of the molecule is C=CCN(CC=C)C(=O)Cn1c(=O)cnc2ccccc21. The van der Waals surface area contributed by atoms with Crippen molar-refractivity contribution in [1.82, 2.24) is 14.5 Å². The highest BCUT2D eigenvalue weighted by Crippen LogP contribution is 2.08. The summed E-state index contributed by atoms with van der Waals surface area (Å²) in [6, 6.07) is 7.24. The number of hydrogen-bond donors (Lipinski definition) is 0. The molecule has 1 heterocycles. The zero-order valence-corrected chi connectivity index (χ0v) is 11.7. The van der Waals surface area contributed by atoms with Crippen LogP contribution in [0, 0.1) is 0 Å². The lowest BCUT2D eigenvalue weighted by atomic mass is 10.3. The first kappa shape index (κ1) is 14.7. The molecule has 5 nitrogen and oxygen atoms in total. The van der Waals surface area contributed by atoms with E-state index in [0.717, 1.165) is 0 Å². The number of amides is 1. The van der Waals surface area contributed by atoms with Gasteiger partial charge in [0.2, 0.25) is 5.91 Å². The maximum Gasteiger partial charge on any atom is 0.269 e. The van der Waals surface area contributed by atoms with Crippen LogP contribution in [0.3, 0.4) is 0 Å². The Bertz CT molecular complexity index is 724. The average molecular weight is 283 g/mol. The molecule has 0 unspecified atom stereocenters. The van der Waals surface area contributed by atoms with E-state index in [-0.39, 0.29) is 18.0 Å². The minimum absolute atomic E-state index is 0.0243. The number of hydrogen-bond acceptors (Lipinski definition) is 3. The summed E-state index contributed by atoms with van der Waals surface area (Å²) in [7, 11) is 0. The predicted molar refractivity (Wildman–Crippen MR) is 83.0 cm³/mol. The monoisotopic (exact) mass is 283 g/mol. The molecule has 0 aliphatic carbocycles. The number of para-hydroxylation sites is 2. The lowest BCUT2D eigenvalue weighted by Gasteiger charge is -2.20. The van der Waals surface area contributed by atoms with E-state index in [0.29, 0.717) is 24.1 Å². The van der Waals surface area contributed by atoms with E-state index in [1.54, 1.807) is 29.2 Å². The first-order chi connectivity index (χ1) is 10.2. The predicted octanol–water partition coefficient (Wildman–Crippen LogP) is 1.60. The van der Waals surface area contributed by atoms with E-state index < -0.39 is 0 Å². The van der Waals surface area contributed by atoms with Crippen molar-refractivity contribution in [2.24, 2.45) is 0 Å². The highest BCUT2D eigenvalue weighted by molar-refractivity contribution is 5.80. The molecule has 108 valence electrons. The third kappa shape index (κ3) is 3.25. The molecule has 2 rings (SSSR count). The molecule has 2 aromatic rings. The highest BCUT2D eigenvalue weighted by atomic mass is 16.2. The first-order valence-electron chi connectivity index (χ1n) is 6.61. The van der Waals surface area contributed by atoms with Gasteiger partial charge >= 0.3 is 0 Å². The molecular weight excluding hydrogens is 266 g/mol. The normalized spacial score (nSPS) is 10.3. The van der Waals surface area contributed by atoms with Gasteiger partial charge in [-0.05, 0) is 12.1 Å². The molecule has 0 saturated carbocycles. The van der Waals surface area contributed by atoms with Gasteiger partial charge in [-0.3, -0.25) is 14.2 Å². The van der Waals surface area contributed by atoms with E-state index in [9.17, 15) is 9.59 Å². The van der Waals surface area contributed by atoms with Gasteiger partial charge in [0.05, 0.1) is 17.2 Å². The summed E-state index contributed by atoms with van der Waals surface area (Å²) in [5.41, 5.74) is 1.04. The van der Waals surface area contributed by atoms with Crippen LogP contribution in [0.1, 0.15) is 0 Å². The van der Waals surface area contributed by atoms with Crippen LogP contribution in [0.15, 0.2) is 60.6 Å². The Morgan fingerprint density at radius 2 is 1.90 bits per heavy atom. The molecule has 1 aromatic heterocycles. The molecule has 21 heavy (non-hydrogen) atoms. The fourth-order valence-corrected chi connectivity index (χ4v) is 2.10. The van der Waals surface area contributed by atoms with Gasteiger partial charge in [0.25, 0.3) is 5.56 Å². The lowest BCUT2D eigenvalue weighted by Crippen LogP contribution is -2.36. The first-order valence-corrected chi connectivity index (χ1v) is 6.61. The Labute approximate surface area is 122 Å². The summed E-state index contributed by atoms with van der Waals surface area (Å²) in [5.74, 6) is -0.159. The molecule has 1 aromatic carbocycles. The average Bonchev–Trinajstić information content (AvgIpc) is 2.50. The molecule has 0 saturated heterocycles. The van der Waals surface area contributed by atoms with Crippen molar-refractivity contribution in [2.45, 2.75) is 6.54 Å². The molecule has 0 N–H and O–H groups in total. The largest absolute Gasteiger partial charge is 0.334 e. The fourth-order valence-electron chi connectivity index (χ4n) is 2.10. The van der Waals surface area contributed by atoms with Gasteiger partial charge in [-0.2, -0.15) is 0 Å². The Morgan fingerprint density at radius 3 is 2.57 bits per heavy atom. The summed E-state index contributed by atoms with van der Waals surface area (Å²) in [5, 5.41) is 0. The van der Waals surface area contributed by atoms with Crippen molar-refractivity contribution in [3.8, 4) is 0 Å². The number of fused-ring (bicyclic) bond motifs is 1. The second-order valence-corrected chi connectivity index (χ2v) is 4.55. The Hall–Kier alpha value is -2.69. The number of nitrogens with zero attached hydrogens (tertiary/aromatic N) is 3. The van der Waals surface area contributed by atoms with E-state index in [2.05, 4.69) is 18.1 Å². The van der Waals surface area contributed by atoms with Crippen molar-refractivity contribution < 1.29 is 4.79 Å². The fraction of sp³-hybridized carbons (Fsp3) is 0.188. The number of benzene rings is 1. The number of carbonyl (C=O) groups excluding carboxylic acids is 1. The summed E-state index contributed by atoms with van der Waals surface area (Å²) < 4.78 is 1.43. The standard InChI is InChI=1S/C16H17N3O2/c1-3-9-18(10-4-2)16(21)12-19-14-8-6-5-7-13(14)17-11-15(19)20/h3-8,11H,1-2,9-10,12H2. The van der Waals surface area contributed by atoms with Gasteiger partial charge in [-0.15, -0.1) is 13.2 Å². The molecule has 0 aliphatic heterocycles. The molecule has 0 atom stereocenters. The third-order valence-electron chi connectivity index (χ3n) is 3.10. The van der Waals surface area contributed by atoms with Crippen molar-refractivity contribution in [1.29, 1.82) is 0 Å². The van der Waals surface area contributed by atoms with Gasteiger partial charge in [0.15, 0.2) is 0 Å². The van der Waals surface area contributed by atoms with E-state index in [4.69, 9.17) is 0 Å². The van der Waals surface area contributed by atoms with Gasteiger partial charge in [0, 0.05) is 13.1 Å². The van der Waals surface area contributed by atoms with E-state index in [1.165, 1.54) is 10.8 Å². The molecule has 1 amide bonds. The molecule has 5 heteroatoms. The number of carbonyl (C=O) groups is 1. The second kappa shape index (κ2) is 6.65. The maximum atomic E-state index is 12.3. The van der Waals surface area contributed by atoms with Gasteiger partial charge < -0.3 is 4.90 Å². The smallest absolute Gasteiger partial charge is 0.269 e. The lowest BCUT2D eigenvalue weighted by molar-refractivity contribution is -0.130. The summed E-state index contributed by atoms with van der Waals surface area (Å²) in [4.78, 5) is 30.0. The van der Waals surface area contributed by atoms with E-state index >= 15 is 0 Å². The third-order valence-corrected chi connectivity index (χ3v) is 3.10. The van der Waals surface area contributed by atoms with Crippen LogP contribution in [-0.2, 0) is 11.3 Å². The van der Waals surface area contributed by atoms with Crippen LogP contribution >= 0.6 is 0 Å². The topological polar surface area (TPSA) is 55.2 Å². The molecule has 0 spiro atoms. The van der Waals surface area contributed by atoms with E-state index in [1.807, 2.05) is 12.1 Å². The van der Waals surface area contributed by atoms with Crippen LogP contribution < -0.4 is 5.56 Å². The van der Waals surface area contributed by atoms with Gasteiger partial charge in [-0.25, -0.2) is 4.98 Å².